The SMILES string of the molecule is CCC1Oc2cc(C(C)NC(=O)CNC(=O)[C@@H](N)C(C)C)ccc2NC1=O.Cl. The monoisotopic (exact) mass is 412 g/mol. The summed E-state index contributed by atoms with van der Waals surface area (Å²) in [5, 5.41) is 8.17. The van der Waals surface area contributed by atoms with Crippen molar-refractivity contribution in [2.75, 3.05) is 11.9 Å². The van der Waals surface area contributed by atoms with Gasteiger partial charge >= 0.3 is 0 Å². The van der Waals surface area contributed by atoms with Crippen molar-refractivity contribution < 1.29 is 19.1 Å². The molecule has 156 valence electrons. The van der Waals surface area contributed by atoms with E-state index in [1.807, 2.05) is 33.8 Å². The number of carbonyl (C=O) groups is 3. The third-order valence-corrected chi connectivity index (χ3v) is 4.52. The van der Waals surface area contributed by atoms with Crippen molar-refractivity contribution in [1.82, 2.24) is 10.6 Å². The number of halogens is 1. The Hall–Kier alpha value is -2.32. The number of rotatable bonds is 7. The molecule has 2 unspecified atom stereocenters. The minimum absolute atomic E-state index is 0. The summed E-state index contributed by atoms with van der Waals surface area (Å²) < 4.78 is 5.72. The molecule has 0 aromatic heterocycles. The predicted octanol–water partition coefficient (Wildman–Crippen LogP) is 1.49. The van der Waals surface area contributed by atoms with E-state index in [1.165, 1.54) is 0 Å². The fraction of sp³-hybridized carbons (Fsp3) is 0.526. The molecule has 28 heavy (non-hydrogen) atoms. The molecule has 5 N–H and O–H groups in total. The molecule has 1 aliphatic heterocycles. The van der Waals surface area contributed by atoms with Gasteiger partial charge in [0.1, 0.15) is 5.75 Å². The van der Waals surface area contributed by atoms with E-state index in [-0.39, 0.29) is 48.6 Å². The van der Waals surface area contributed by atoms with Crippen molar-refractivity contribution in [2.45, 2.75) is 52.3 Å². The van der Waals surface area contributed by atoms with Crippen molar-refractivity contribution in [3.05, 3.63) is 23.8 Å². The lowest BCUT2D eigenvalue weighted by Gasteiger charge is -2.26. The Morgan fingerprint density at radius 1 is 1.29 bits per heavy atom. The lowest BCUT2D eigenvalue weighted by atomic mass is 10.0. The van der Waals surface area contributed by atoms with Gasteiger partial charge in [0, 0.05) is 0 Å². The first-order valence-corrected chi connectivity index (χ1v) is 9.17. The van der Waals surface area contributed by atoms with Gasteiger partial charge in [-0.2, -0.15) is 0 Å². The average molecular weight is 413 g/mol. The molecule has 0 bridgehead atoms. The van der Waals surface area contributed by atoms with Gasteiger partial charge in [0.05, 0.1) is 24.3 Å². The van der Waals surface area contributed by atoms with Gasteiger partial charge in [-0.3, -0.25) is 14.4 Å². The number of ether oxygens (including phenoxy) is 1. The third kappa shape index (κ3) is 5.84. The standard InChI is InChI=1S/C19H28N4O4.ClH/c1-5-14-18(25)23-13-7-6-12(8-15(13)27-14)11(4)22-16(24)9-21-19(26)17(20)10(2)3;/h6-8,10-11,14,17H,5,9,20H2,1-4H3,(H,21,26)(H,22,24)(H,23,25);1H/t11?,14?,17-;/m0./s1. The van der Waals surface area contributed by atoms with E-state index in [2.05, 4.69) is 16.0 Å². The minimum atomic E-state index is -0.644. The van der Waals surface area contributed by atoms with Crippen molar-refractivity contribution in [3.8, 4) is 5.75 Å². The summed E-state index contributed by atoms with van der Waals surface area (Å²) in [7, 11) is 0. The first-order chi connectivity index (χ1) is 12.7. The maximum atomic E-state index is 12.1. The third-order valence-electron chi connectivity index (χ3n) is 4.52. The van der Waals surface area contributed by atoms with Crippen LogP contribution in [0.1, 0.15) is 45.7 Å². The zero-order chi connectivity index (χ0) is 20.1. The molecular weight excluding hydrogens is 384 g/mol. The number of benzene rings is 1. The van der Waals surface area contributed by atoms with Crippen LogP contribution in [0.5, 0.6) is 5.75 Å². The Kier molecular flexibility index (Phi) is 8.71. The van der Waals surface area contributed by atoms with Crippen LogP contribution in [0.4, 0.5) is 5.69 Å². The first-order valence-electron chi connectivity index (χ1n) is 9.17. The van der Waals surface area contributed by atoms with Crippen LogP contribution in [-0.2, 0) is 14.4 Å². The van der Waals surface area contributed by atoms with Gasteiger partial charge in [-0.05, 0) is 37.0 Å². The Bertz CT molecular complexity index is 726. The molecule has 0 saturated carbocycles. The first kappa shape index (κ1) is 23.7. The van der Waals surface area contributed by atoms with Crippen LogP contribution in [0, 0.1) is 5.92 Å². The maximum absolute atomic E-state index is 12.1. The van der Waals surface area contributed by atoms with Crippen LogP contribution < -0.4 is 26.4 Å². The zero-order valence-electron chi connectivity index (χ0n) is 16.6. The highest BCUT2D eigenvalue weighted by atomic mass is 35.5. The van der Waals surface area contributed by atoms with E-state index in [0.29, 0.717) is 17.9 Å². The molecular formula is C19H29ClN4O4. The van der Waals surface area contributed by atoms with E-state index in [4.69, 9.17) is 10.5 Å². The van der Waals surface area contributed by atoms with Crippen molar-refractivity contribution in [1.29, 1.82) is 0 Å². The summed E-state index contributed by atoms with van der Waals surface area (Å²) in [6.07, 6.45) is 0.0537. The van der Waals surface area contributed by atoms with Crippen LogP contribution >= 0.6 is 12.4 Å². The molecule has 0 spiro atoms. The molecule has 0 fully saturated rings. The summed E-state index contributed by atoms with van der Waals surface area (Å²) in [6, 6.07) is 4.43. The summed E-state index contributed by atoms with van der Waals surface area (Å²) in [5.41, 5.74) is 7.19. The summed E-state index contributed by atoms with van der Waals surface area (Å²) in [4.78, 5) is 35.8. The molecule has 1 aliphatic rings. The van der Waals surface area contributed by atoms with E-state index < -0.39 is 12.1 Å². The van der Waals surface area contributed by atoms with E-state index in [0.717, 1.165) is 5.56 Å². The highest BCUT2D eigenvalue weighted by Crippen LogP contribution is 2.32. The second-order valence-corrected chi connectivity index (χ2v) is 7.04. The maximum Gasteiger partial charge on any atom is 0.265 e. The molecule has 1 aromatic rings. The highest BCUT2D eigenvalue weighted by molar-refractivity contribution is 5.97. The Balaban J connectivity index is 0.00000392. The Morgan fingerprint density at radius 3 is 2.57 bits per heavy atom. The topological polar surface area (TPSA) is 123 Å². The number of amides is 3. The summed E-state index contributed by atoms with van der Waals surface area (Å²) >= 11 is 0. The molecule has 0 aliphatic carbocycles. The molecule has 3 amide bonds. The summed E-state index contributed by atoms with van der Waals surface area (Å²) in [6.45, 7) is 7.26. The number of fused-ring (bicyclic) bond motifs is 1. The van der Waals surface area contributed by atoms with E-state index >= 15 is 0 Å². The molecule has 0 radical (unpaired) electrons. The quantitative estimate of drug-likeness (QED) is 0.540. The fourth-order valence-corrected chi connectivity index (χ4v) is 2.66. The second kappa shape index (κ2) is 10.3. The van der Waals surface area contributed by atoms with E-state index in [9.17, 15) is 14.4 Å². The molecule has 0 saturated heterocycles. The number of hydrogen-bond acceptors (Lipinski definition) is 5. The largest absolute Gasteiger partial charge is 0.478 e. The smallest absolute Gasteiger partial charge is 0.265 e. The number of nitrogens with one attached hydrogen (secondary N) is 3. The molecule has 3 atom stereocenters. The molecule has 9 heteroatoms. The average Bonchev–Trinajstić information content (AvgIpc) is 2.64. The number of carbonyl (C=O) groups excluding carboxylic acids is 3. The van der Waals surface area contributed by atoms with Gasteiger partial charge in [0.25, 0.3) is 5.91 Å². The van der Waals surface area contributed by atoms with Crippen molar-refractivity contribution >= 4 is 35.8 Å². The Labute approximate surface area is 171 Å². The molecule has 1 heterocycles. The second-order valence-electron chi connectivity index (χ2n) is 7.04. The molecule has 8 nitrogen and oxygen atoms in total. The zero-order valence-corrected chi connectivity index (χ0v) is 17.4. The number of anilines is 1. The number of nitrogens with two attached hydrogens (primary N) is 1. The van der Waals surface area contributed by atoms with E-state index in [1.54, 1.807) is 12.1 Å². The normalized spacial score (nSPS) is 17.4. The molecule has 2 rings (SSSR count). The van der Waals surface area contributed by atoms with Crippen LogP contribution in [-0.4, -0.2) is 36.4 Å². The van der Waals surface area contributed by atoms with Crippen molar-refractivity contribution in [3.63, 3.8) is 0 Å². The van der Waals surface area contributed by atoms with Crippen LogP contribution in [0.2, 0.25) is 0 Å². The van der Waals surface area contributed by atoms with Gasteiger partial charge in [0.15, 0.2) is 6.10 Å². The van der Waals surface area contributed by atoms with Crippen LogP contribution in [0.3, 0.4) is 0 Å². The summed E-state index contributed by atoms with van der Waals surface area (Å²) in [5.74, 6) is -0.248. The Morgan fingerprint density at radius 2 is 1.96 bits per heavy atom. The van der Waals surface area contributed by atoms with Crippen LogP contribution in [0.25, 0.3) is 0 Å². The fourth-order valence-electron chi connectivity index (χ4n) is 2.66. The number of hydrogen-bond donors (Lipinski definition) is 4. The van der Waals surface area contributed by atoms with Crippen molar-refractivity contribution in [2.24, 2.45) is 11.7 Å². The van der Waals surface area contributed by atoms with Gasteiger partial charge in [-0.15, -0.1) is 12.4 Å². The lowest BCUT2D eigenvalue weighted by molar-refractivity contribution is -0.127. The van der Waals surface area contributed by atoms with Gasteiger partial charge in [0.2, 0.25) is 11.8 Å². The van der Waals surface area contributed by atoms with Crippen LogP contribution in [0.15, 0.2) is 18.2 Å². The lowest BCUT2D eigenvalue weighted by Crippen LogP contribution is -2.47. The van der Waals surface area contributed by atoms with Gasteiger partial charge in [-0.25, -0.2) is 0 Å². The van der Waals surface area contributed by atoms with Gasteiger partial charge in [-0.1, -0.05) is 26.8 Å². The van der Waals surface area contributed by atoms with Gasteiger partial charge < -0.3 is 26.4 Å². The minimum Gasteiger partial charge on any atom is -0.478 e. The highest BCUT2D eigenvalue weighted by Gasteiger charge is 2.26. The molecule has 1 aromatic carbocycles. The predicted molar refractivity (Wildman–Crippen MR) is 109 cm³/mol.